The number of nitro benzene ring substituents is 1. The van der Waals surface area contributed by atoms with E-state index in [0.29, 0.717) is 44.7 Å². The normalized spacial score (nSPS) is 14.2. The Morgan fingerprint density at radius 2 is 1.82 bits per heavy atom. The molecule has 8 heteroatoms. The molecule has 0 atom stereocenters. The second kappa shape index (κ2) is 10.5. The number of anilines is 1. The van der Waals surface area contributed by atoms with E-state index in [4.69, 9.17) is 4.74 Å². The number of para-hydroxylation sites is 3. The molecule has 0 N–H and O–H groups in total. The SMILES string of the molecule is COc1ccccc1CN(Cc1cccs1)C(=O)C1CCN(c2ccccc2[N+](=O)[O-])CC1. The van der Waals surface area contributed by atoms with Gasteiger partial charge in [0.25, 0.3) is 5.69 Å². The Morgan fingerprint density at radius 1 is 1.09 bits per heavy atom. The van der Waals surface area contributed by atoms with Crippen LogP contribution in [0.3, 0.4) is 0 Å². The Bertz CT molecular complexity index is 1090. The predicted molar refractivity (Wildman–Crippen MR) is 130 cm³/mol. The van der Waals surface area contributed by atoms with Gasteiger partial charge in [-0.1, -0.05) is 36.4 Å². The zero-order valence-corrected chi connectivity index (χ0v) is 19.4. The van der Waals surface area contributed by atoms with E-state index in [9.17, 15) is 14.9 Å². The van der Waals surface area contributed by atoms with Gasteiger partial charge in [0.1, 0.15) is 11.4 Å². The van der Waals surface area contributed by atoms with Crippen LogP contribution in [0.5, 0.6) is 5.75 Å². The first-order valence-electron chi connectivity index (χ1n) is 11.0. The van der Waals surface area contributed by atoms with Gasteiger partial charge in [-0.25, -0.2) is 0 Å². The molecule has 0 radical (unpaired) electrons. The van der Waals surface area contributed by atoms with Crippen molar-refractivity contribution < 1.29 is 14.5 Å². The second-order valence-electron chi connectivity index (χ2n) is 8.09. The molecule has 7 nitrogen and oxygen atoms in total. The predicted octanol–water partition coefficient (Wildman–Crippen LogP) is 5.11. The molecule has 0 aliphatic carbocycles. The van der Waals surface area contributed by atoms with E-state index in [1.165, 1.54) is 6.07 Å². The van der Waals surface area contributed by atoms with Crippen molar-refractivity contribution in [2.24, 2.45) is 5.92 Å². The van der Waals surface area contributed by atoms with Crippen molar-refractivity contribution in [1.82, 2.24) is 4.90 Å². The quantitative estimate of drug-likeness (QED) is 0.341. The molecular weight excluding hydrogens is 438 g/mol. The lowest BCUT2D eigenvalue weighted by atomic mass is 9.94. The van der Waals surface area contributed by atoms with E-state index in [-0.39, 0.29) is 22.4 Å². The van der Waals surface area contributed by atoms with Gasteiger partial charge < -0.3 is 14.5 Å². The molecule has 1 fully saturated rings. The summed E-state index contributed by atoms with van der Waals surface area (Å²) >= 11 is 1.64. The molecule has 1 aliphatic heterocycles. The van der Waals surface area contributed by atoms with E-state index in [1.807, 2.05) is 57.6 Å². The number of carbonyl (C=O) groups excluding carboxylic acids is 1. The van der Waals surface area contributed by atoms with Gasteiger partial charge in [-0.15, -0.1) is 11.3 Å². The first kappa shape index (κ1) is 22.8. The van der Waals surface area contributed by atoms with Crippen molar-refractivity contribution in [1.29, 1.82) is 0 Å². The van der Waals surface area contributed by atoms with E-state index < -0.39 is 0 Å². The maximum atomic E-state index is 13.6. The summed E-state index contributed by atoms with van der Waals surface area (Å²) in [7, 11) is 1.64. The molecule has 33 heavy (non-hydrogen) atoms. The molecule has 2 heterocycles. The molecular formula is C25H27N3O4S. The van der Waals surface area contributed by atoms with Gasteiger partial charge in [0.2, 0.25) is 5.91 Å². The third-order valence-corrected chi connectivity index (χ3v) is 6.92. The Labute approximate surface area is 197 Å². The highest BCUT2D eigenvalue weighted by molar-refractivity contribution is 7.09. The third-order valence-electron chi connectivity index (χ3n) is 6.06. The first-order valence-corrected chi connectivity index (χ1v) is 11.9. The van der Waals surface area contributed by atoms with E-state index in [2.05, 4.69) is 0 Å². The summed E-state index contributed by atoms with van der Waals surface area (Å²) in [5, 5.41) is 13.4. The molecule has 2 aromatic carbocycles. The second-order valence-corrected chi connectivity index (χ2v) is 9.12. The lowest BCUT2D eigenvalue weighted by Gasteiger charge is -2.35. The molecule has 1 aliphatic rings. The number of rotatable bonds is 8. The molecule has 1 aromatic heterocycles. The molecule has 172 valence electrons. The minimum Gasteiger partial charge on any atom is -0.496 e. The van der Waals surface area contributed by atoms with E-state index in [0.717, 1.165) is 16.2 Å². The monoisotopic (exact) mass is 465 g/mol. The van der Waals surface area contributed by atoms with Crippen molar-refractivity contribution >= 4 is 28.6 Å². The summed E-state index contributed by atoms with van der Waals surface area (Å²) in [6.07, 6.45) is 1.33. The Hall–Kier alpha value is -3.39. The van der Waals surface area contributed by atoms with Gasteiger partial charge in [-0.3, -0.25) is 14.9 Å². The largest absolute Gasteiger partial charge is 0.496 e. The molecule has 0 spiro atoms. The Balaban J connectivity index is 1.48. The molecule has 1 saturated heterocycles. The number of nitro groups is 1. The van der Waals surface area contributed by atoms with E-state index in [1.54, 1.807) is 30.6 Å². The lowest BCUT2D eigenvalue weighted by molar-refractivity contribution is -0.384. The average Bonchev–Trinajstić information content (AvgIpc) is 3.37. The highest BCUT2D eigenvalue weighted by Gasteiger charge is 2.31. The third kappa shape index (κ3) is 5.34. The summed E-state index contributed by atoms with van der Waals surface area (Å²) < 4.78 is 5.50. The van der Waals surface area contributed by atoms with Gasteiger partial charge in [0, 0.05) is 42.1 Å². The minimum absolute atomic E-state index is 0.109. The highest BCUT2D eigenvalue weighted by atomic mass is 32.1. The fraction of sp³-hybridized carbons (Fsp3) is 0.320. The van der Waals surface area contributed by atoms with Crippen LogP contribution in [-0.2, 0) is 17.9 Å². The van der Waals surface area contributed by atoms with Crippen molar-refractivity contribution in [3.63, 3.8) is 0 Å². The molecule has 0 bridgehead atoms. The fourth-order valence-electron chi connectivity index (χ4n) is 4.35. The summed E-state index contributed by atoms with van der Waals surface area (Å²) in [6.45, 7) is 2.26. The van der Waals surface area contributed by atoms with Gasteiger partial charge in [0.15, 0.2) is 0 Å². The zero-order chi connectivity index (χ0) is 23.2. The lowest BCUT2D eigenvalue weighted by Crippen LogP contribution is -2.42. The standard InChI is InChI=1S/C25H27N3O4S/c1-32-24-11-5-2-7-20(24)17-27(18-21-8-6-16-33-21)25(29)19-12-14-26(15-13-19)22-9-3-4-10-23(22)28(30)31/h2-11,16,19H,12-15,17-18H2,1H3. The number of hydrogen-bond acceptors (Lipinski definition) is 6. The van der Waals surface area contributed by atoms with Crippen LogP contribution in [0.15, 0.2) is 66.0 Å². The minimum atomic E-state index is -0.345. The van der Waals surface area contributed by atoms with Crippen LogP contribution in [0.4, 0.5) is 11.4 Å². The smallest absolute Gasteiger partial charge is 0.292 e. The van der Waals surface area contributed by atoms with E-state index >= 15 is 0 Å². The number of carbonyl (C=O) groups is 1. The van der Waals surface area contributed by atoms with Gasteiger partial charge in [-0.2, -0.15) is 0 Å². The highest BCUT2D eigenvalue weighted by Crippen LogP contribution is 2.32. The number of methoxy groups -OCH3 is 1. The van der Waals surface area contributed by atoms with Gasteiger partial charge in [0.05, 0.1) is 18.6 Å². The van der Waals surface area contributed by atoms with Crippen LogP contribution in [0.1, 0.15) is 23.3 Å². The maximum Gasteiger partial charge on any atom is 0.292 e. The molecule has 1 amide bonds. The van der Waals surface area contributed by atoms with Crippen LogP contribution in [0.25, 0.3) is 0 Å². The topological polar surface area (TPSA) is 75.9 Å². The van der Waals surface area contributed by atoms with Crippen molar-refractivity contribution in [3.8, 4) is 5.75 Å². The van der Waals surface area contributed by atoms with Crippen LogP contribution in [0.2, 0.25) is 0 Å². The number of piperidine rings is 1. The fourth-order valence-corrected chi connectivity index (χ4v) is 5.07. The molecule has 3 aromatic rings. The van der Waals surface area contributed by atoms with Crippen molar-refractivity contribution in [2.75, 3.05) is 25.1 Å². The van der Waals surface area contributed by atoms with Crippen LogP contribution in [-0.4, -0.2) is 35.9 Å². The van der Waals surface area contributed by atoms with Gasteiger partial charge >= 0.3 is 0 Å². The zero-order valence-electron chi connectivity index (χ0n) is 18.6. The Kier molecular flexibility index (Phi) is 7.24. The van der Waals surface area contributed by atoms with Crippen molar-refractivity contribution in [3.05, 3.63) is 86.6 Å². The Morgan fingerprint density at radius 3 is 2.52 bits per heavy atom. The number of benzene rings is 2. The number of ether oxygens (including phenoxy) is 1. The molecule has 4 rings (SSSR count). The summed E-state index contributed by atoms with van der Waals surface area (Å²) in [5.41, 5.74) is 1.71. The number of amides is 1. The number of hydrogen-bond donors (Lipinski definition) is 0. The maximum absolute atomic E-state index is 13.6. The number of thiophene rings is 1. The van der Waals surface area contributed by atoms with Crippen LogP contribution in [0, 0.1) is 16.0 Å². The van der Waals surface area contributed by atoms with Crippen LogP contribution < -0.4 is 9.64 Å². The first-order chi connectivity index (χ1) is 16.1. The molecule has 0 unspecified atom stereocenters. The van der Waals surface area contributed by atoms with Crippen LogP contribution >= 0.6 is 11.3 Å². The summed E-state index contributed by atoms with van der Waals surface area (Å²) in [5.74, 6) is 0.780. The molecule has 0 saturated carbocycles. The summed E-state index contributed by atoms with van der Waals surface area (Å²) in [4.78, 5) is 29.7. The number of nitrogens with zero attached hydrogens (tertiary/aromatic N) is 3. The van der Waals surface area contributed by atoms with Gasteiger partial charge in [-0.05, 0) is 36.4 Å². The van der Waals surface area contributed by atoms with Crippen molar-refractivity contribution in [2.45, 2.75) is 25.9 Å². The average molecular weight is 466 g/mol. The summed E-state index contributed by atoms with van der Waals surface area (Å²) in [6, 6.07) is 18.6.